The van der Waals surface area contributed by atoms with E-state index >= 15 is 0 Å². The predicted octanol–water partition coefficient (Wildman–Crippen LogP) is 1.88. The van der Waals surface area contributed by atoms with Crippen molar-refractivity contribution in [2.24, 2.45) is 0 Å². The summed E-state index contributed by atoms with van der Waals surface area (Å²) in [4.78, 5) is 5.05. The Morgan fingerprint density at radius 2 is 2.14 bits per heavy atom. The molecule has 0 amide bonds. The summed E-state index contributed by atoms with van der Waals surface area (Å²) in [6.45, 7) is 0.0321. The van der Waals surface area contributed by atoms with Crippen molar-refractivity contribution in [2.75, 3.05) is 5.73 Å². The van der Waals surface area contributed by atoms with Gasteiger partial charge in [-0.1, -0.05) is 12.1 Å². The lowest BCUT2D eigenvalue weighted by atomic mass is 10.2. The van der Waals surface area contributed by atoms with Gasteiger partial charge in [-0.05, 0) is 12.1 Å². The second-order valence-electron chi connectivity index (χ2n) is 2.88. The van der Waals surface area contributed by atoms with Crippen LogP contribution in [0.4, 0.5) is 5.69 Å². The molecule has 0 aliphatic carbocycles. The summed E-state index contributed by atoms with van der Waals surface area (Å²) >= 11 is 1.46. The van der Waals surface area contributed by atoms with Gasteiger partial charge in [0.1, 0.15) is 5.01 Å². The molecule has 0 atom stereocenters. The van der Waals surface area contributed by atoms with Crippen LogP contribution in [0.5, 0.6) is 0 Å². The fourth-order valence-corrected chi connectivity index (χ4v) is 2.02. The van der Waals surface area contributed by atoms with E-state index in [1.807, 2.05) is 24.3 Å². The Balaban J connectivity index is 2.44. The fourth-order valence-electron chi connectivity index (χ4n) is 1.20. The molecule has 1 aromatic heterocycles. The van der Waals surface area contributed by atoms with Crippen molar-refractivity contribution in [3.05, 3.63) is 35.3 Å². The zero-order valence-electron chi connectivity index (χ0n) is 7.47. The van der Waals surface area contributed by atoms with Crippen molar-refractivity contribution >= 4 is 17.0 Å². The Bertz CT molecular complexity index is 439. The van der Waals surface area contributed by atoms with Crippen molar-refractivity contribution in [1.29, 1.82) is 0 Å². The number of nitrogens with two attached hydrogens (primary N) is 1. The molecule has 0 aliphatic heterocycles. The van der Waals surface area contributed by atoms with Crippen LogP contribution in [0, 0.1) is 0 Å². The van der Waals surface area contributed by atoms with Crippen LogP contribution in [0.1, 0.15) is 4.88 Å². The van der Waals surface area contributed by atoms with Gasteiger partial charge in [0, 0.05) is 17.4 Å². The van der Waals surface area contributed by atoms with Crippen LogP contribution in [0.2, 0.25) is 0 Å². The third-order valence-corrected chi connectivity index (χ3v) is 2.92. The van der Waals surface area contributed by atoms with E-state index in [-0.39, 0.29) is 6.61 Å². The van der Waals surface area contributed by atoms with Crippen LogP contribution in [-0.2, 0) is 6.61 Å². The number of benzene rings is 1. The summed E-state index contributed by atoms with van der Waals surface area (Å²) in [5.41, 5.74) is 7.45. The van der Waals surface area contributed by atoms with Crippen molar-refractivity contribution in [3.8, 4) is 10.6 Å². The lowest BCUT2D eigenvalue weighted by Crippen LogP contribution is -1.87. The van der Waals surface area contributed by atoms with Crippen LogP contribution < -0.4 is 5.73 Å². The summed E-state index contributed by atoms with van der Waals surface area (Å²) < 4.78 is 0. The molecule has 0 bridgehead atoms. The van der Waals surface area contributed by atoms with Gasteiger partial charge in [-0.15, -0.1) is 11.3 Å². The van der Waals surface area contributed by atoms with Crippen molar-refractivity contribution in [2.45, 2.75) is 6.61 Å². The smallest absolute Gasteiger partial charge is 0.125 e. The topological polar surface area (TPSA) is 59.1 Å². The normalized spacial score (nSPS) is 10.4. The maximum atomic E-state index is 8.91. The van der Waals surface area contributed by atoms with E-state index in [4.69, 9.17) is 10.8 Å². The molecule has 0 aliphatic rings. The average molecular weight is 206 g/mol. The second kappa shape index (κ2) is 3.77. The highest BCUT2D eigenvalue weighted by atomic mass is 32.1. The Morgan fingerprint density at radius 1 is 1.36 bits per heavy atom. The molecule has 0 saturated carbocycles. The molecule has 0 radical (unpaired) electrons. The molecule has 2 rings (SSSR count). The molecule has 0 fully saturated rings. The fraction of sp³-hybridized carbons (Fsp3) is 0.100. The van der Waals surface area contributed by atoms with Crippen LogP contribution in [-0.4, -0.2) is 10.1 Å². The zero-order valence-corrected chi connectivity index (χ0v) is 8.29. The van der Waals surface area contributed by atoms with Gasteiger partial charge in [-0.25, -0.2) is 4.98 Å². The highest BCUT2D eigenvalue weighted by Gasteiger charge is 2.06. The predicted molar refractivity (Wildman–Crippen MR) is 57.9 cm³/mol. The van der Waals surface area contributed by atoms with E-state index in [1.165, 1.54) is 11.3 Å². The molecule has 0 saturated heterocycles. The molecule has 4 heteroatoms. The highest BCUT2D eigenvalue weighted by molar-refractivity contribution is 7.15. The van der Waals surface area contributed by atoms with E-state index in [1.54, 1.807) is 6.20 Å². The molecular weight excluding hydrogens is 196 g/mol. The zero-order chi connectivity index (χ0) is 9.97. The number of hydrogen-bond acceptors (Lipinski definition) is 4. The van der Waals surface area contributed by atoms with Crippen molar-refractivity contribution < 1.29 is 5.11 Å². The first kappa shape index (κ1) is 9.18. The summed E-state index contributed by atoms with van der Waals surface area (Å²) in [5, 5.41) is 9.76. The number of aliphatic hydroxyl groups is 1. The van der Waals surface area contributed by atoms with Gasteiger partial charge in [0.15, 0.2) is 0 Å². The first-order valence-corrected chi connectivity index (χ1v) is 5.03. The minimum atomic E-state index is 0.0321. The summed E-state index contributed by atoms with van der Waals surface area (Å²) in [6.07, 6.45) is 1.67. The molecule has 14 heavy (non-hydrogen) atoms. The number of rotatable bonds is 2. The summed E-state index contributed by atoms with van der Waals surface area (Å²) in [6, 6.07) is 7.58. The van der Waals surface area contributed by atoms with Gasteiger partial charge in [0.05, 0.1) is 11.5 Å². The Morgan fingerprint density at radius 3 is 2.79 bits per heavy atom. The van der Waals surface area contributed by atoms with Crippen LogP contribution in [0.25, 0.3) is 10.6 Å². The van der Waals surface area contributed by atoms with Gasteiger partial charge < -0.3 is 10.8 Å². The van der Waals surface area contributed by atoms with E-state index in [0.717, 1.165) is 15.4 Å². The molecule has 0 spiro atoms. The van der Waals surface area contributed by atoms with Crippen molar-refractivity contribution in [1.82, 2.24) is 4.98 Å². The largest absolute Gasteiger partial charge is 0.398 e. The average Bonchev–Trinajstić information content (AvgIpc) is 2.67. The van der Waals surface area contributed by atoms with Crippen LogP contribution in [0.15, 0.2) is 30.5 Å². The molecule has 0 unspecified atom stereocenters. The number of anilines is 1. The summed E-state index contributed by atoms with van der Waals surface area (Å²) in [7, 11) is 0. The maximum Gasteiger partial charge on any atom is 0.125 e. The maximum absolute atomic E-state index is 8.91. The standard InChI is InChI=1S/C10H10N2OS/c11-9-4-2-1-3-8(9)10-12-5-7(6-13)14-10/h1-5,13H,6,11H2. The number of nitrogen functional groups attached to an aromatic ring is 1. The minimum absolute atomic E-state index is 0.0321. The summed E-state index contributed by atoms with van der Waals surface area (Å²) in [5.74, 6) is 0. The molecule has 2 aromatic rings. The number of nitrogens with zero attached hydrogens (tertiary/aromatic N) is 1. The Labute approximate surface area is 85.8 Å². The molecule has 72 valence electrons. The van der Waals surface area contributed by atoms with Gasteiger partial charge in [0.2, 0.25) is 0 Å². The Hall–Kier alpha value is -1.39. The minimum Gasteiger partial charge on any atom is -0.398 e. The van der Waals surface area contributed by atoms with Gasteiger partial charge in [-0.3, -0.25) is 0 Å². The first-order chi connectivity index (χ1) is 6.81. The second-order valence-corrected chi connectivity index (χ2v) is 3.99. The van der Waals surface area contributed by atoms with E-state index in [0.29, 0.717) is 5.69 Å². The Kier molecular flexibility index (Phi) is 2.47. The third kappa shape index (κ3) is 1.62. The van der Waals surface area contributed by atoms with Gasteiger partial charge >= 0.3 is 0 Å². The van der Waals surface area contributed by atoms with E-state index < -0.39 is 0 Å². The number of aliphatic hydroxyl groups excluding tert-OH is 1. The monoisotopic (exact) mass is 206 g/mol. The SMILES string of the molecule is Nc1ccccc1-c1ncc(CO)s1. The van der Waals surface area contributed by atoms with Crippen LogP contribution in [0.3, 0.4) is 0 Å². The molecule has 1 heterocycles. The molecular formula is C10H10N2OS. The molecule has 1 aromatic carbocycles. The highest BCUT2D eigenvalue weighted by Crippen LogP contribution is 2.29. The number of thiazole rings is 1. The van der Waals surface area contributed by atoms with E-state index in [2.05, 4.69) is 4.98 Å². The van der Waals surface area contributed by atoms with Gasteiger partial charge in [0.25, 0.3) is 0 Å². The lowest BCUT2D eigenvalue weighted by Gasteiger charge is -1.99. The molecule has 3 N–H and O–H groups in total. The van der Waals surface area contributed by atoms with E-state index in [9.17, 15) is 0 Å². The number of aromatic nitrogens is 1. The van der Waals surface area contributed by atoms with Crippen LogP contribution >= 0.6 is 11.3 Å². The third-order valence-electron chi connectivity index (χ3n) is 1.90. The van der Waals surface area contributed by atoms with Gasteiger partial charge in [-0.2, -0.15) is 0 Å². The first-order valence-electron chi connectivity index (χ1n) is 4.21. The van der Waals surface area contributed by atoms with Crippen molar-refractivity contribution in [3.63, 3.8) is 0 Å². The number of hydrogen-bond donors (Lipinski definition) is 2. The number of para-hydroxylation sites is 1. The molecule has 3 nitrogen and oxygen atoms in total. The quantitative estimate of drug-likeness (QED) is 0.738. The lowest BCUT2D eigenvalue weighted by molar-refractivity contribution is 0.285.